The Labute approximate surface area is 120 Å². The molecule has 0 spiro atoms. The second-order valence-corrected chi connectivity index (χ2v) is 6.27. The summed E-state index contributed by atoms with van der Waals surface area (Å²) in [6.45, 7) is 2.00. The van der Waals surface area contributed by atoms with Gasteiger partial charge in [-0.15, -0.1) is 11.3 Å². The number of aryl methyl sites for hydroxylation is 1. The molecule has 2 nitrogen and oxygen atoms in total. The first kappa shape index (κ1) is 13.7. The number of benzene rings is 1. The van der Waals surface area contributed by atoms with Crippen molar-refractivity contribution in [1.82, 2.24) is 0 Å². The number of hydrogen-bond donors (Lipinski definition) is 1. The molecule has 0 saturated carbocycles. The molecule has 0 aliphatic heterocycles. The highest BCUT2D eigenvalue weighted by molar-refractivity contribution is 7.20. The van der Waals surface area contributed by atoms with E-state index in [9.17, 15) is 0 Å². The summed E-state index contributed by atoms with van der Waals surface area (Å²) in [7, 11) is 1.64. The summed E-state index contributed by atoms with van der Waals surface area (Å²) >= 11 is 13.4. The zero-order valence-corrected chi connectivity index (χ0v) is 12.4. The minimum atomic E-state index is -0.271. The maximum absolute atomic E-state index is 6.25. The lowest BCUT2D eigenvalue weighted by Gasteiger charge is -2.15. The molecule has 0 amide bonds. The average Bonchev–Trinajstić information content (AvgIpc) is 2.67. The summed E-state index contributed by atoms with van der Waals surface area (Å²) in [4.78, 5) is 0. The highest BCUT2D eigenvalue weighted by Crippen LogP contribution is 2.37. The van der Waals surface area contributed by atoms with Gasteiger partial charge in [-0.3, -0.25) is 0 Å². The fourth-order valence-corrected chi connectivity index (χ4v) is 3.41. The topological polar surface area (TPSA) is 35.2 Å². The van der Waals surface area contributed by atoms with Gasteiger partial charge in [0.2, 0.25) is 0 Å². The first-order chi connectivity index (χ1) is 8.52. The Morgan fingerprint density at radius 2 is 1.94 bits per heavy atom. The Morgan fingerprint density at radius 3 is 2.44 bits per heavy atom. The smallest absolute Gasteiger partial charge is 0.119 e. The first-order valence-electron chi connectivity index (χ1n) is 5.37. The van der Waals surface area contributed by atoms with Crippen LogP contribution in [0.5, 0.6) is 5.75 Å². The van der Waals surface area contributed by atoms with Gasteiger partial charge in [0.1, 0.15) is 5.75 Å². The van der Waals surface area contributed by atoms with E-state index in [1.54, 1.807) is 7.11 Å². The van der Waals surface area contributed by atoms with E-state index in [0.29, 0.717) is 8.67 Å². The minimum Gasteiger partial charge on any atom is -0.497 e. The van der Waals surface area contributed by atoms with Gasteiger partial charge < -0.3 is 10.5 Å². The lowest BCUT2D eigenvalue weighted by Crippen LogP contribution is -2.12. The van der Waals surface area contributed by atoms with E-state index in [0.717, 1.165) is 22.4 Å². The molecule has 0 bridgehead atoms. The van der Waals surface area contributed by atoms with Crippen LogP contribution in [-0.4, -0.2) is 7.11 Å². The third kappa shape index (κ3) is 2.64. The summed E-state index contributed by atoms with van der Waals surface area (Å²) in [5, 5.41) is 0. The highest BCUT2D eigenvalue weighted by atomic mass is 35.5. The standard InChI is InChI=1S/C13H13Cl2NOS/c1-7-5-8(17-2)3-4-9(7)12(16)10-6-11(14)18-13(10)15/h3-6,12H,16H2,1-2H3. The number of methoxy groups -OCH3 is 1. The van der Waals surface area contributed by atoms with E-state index in [-0.39, 0.29) is 6.04 Å². The van der Waals surface area contributed by atoms with Crippen molar-refractivity contribution in [3.05, 3.63) is 49.6 Å². The molecule has 0 aliphatic carbocycles. The van der Waals surface area contributed by atoms with Gasteiger partial charge in [0.25, 0.3) is 0 Å². The van der Waals surface area contributed by atoms with Crippen LogP contribution in [0, 0.1) is 6.92 Å². The second kappa shape index (κ2) is 5.49. The summed E-state index contributed by atoms with van der Waals surface area (Å²) in [6, 6.07) is 7.36. The number of rotatable bonds is 3. The van der Waals surface area contributed by atoms with E-state index >= 15 is 0 Å². The molecule has 18 heavy (non-hydrogen) atoms. The molecule has 0 fully saturated rings. The zero-order valence-electron chi connectivity index (χ0n) is 10.0. The number of nitrogens with two attached hydrogens (primary N) is 1. The summed E-state index contributed by atoms with van der Waals surface area (Å²) in [6.07, 6.45) is 0. The maximum Gasteiger partial charge on any atom is 0.119 e. The average molecular weight is 302 g/mol. The summed E-state index contributed by atoms with van der Waals surface area (Å²) < 4.78 is 6.47. The zero-order chi connectivity index (χ0) is 13.3. The van der Waals surface area contributed by atoms with Gasteiger partial charge in [0, 0.05) is 5.56 Å². The van der Waals surface area contributed by atoms with E-state index in [1.807, 2.05) is 31.2 Å². The molecule has 96 valence electrons. The molecule has 2 rings (SSSR count). The van der Waals surface area contributed by atoms with Crippen molar-refractivity contribution in [2.75, 3.05) is 7.11 Å². The summed E-state index contributed by atoms with van der Waals surface area (Å²) in [5.74, 6) is 0.817. The Morgan fingerprint density at radius 1 is 1.22 bits per heavy atom. The molecule has 2 aromatic rings. The van der Waals surface area contributed by atoms with Crippen LogP contribution in [0.1, 0.15) is 22.7 Å². The minimum absolute atomic E-state index is 0.271. The molecule has 5 heteroatoms. The van der Waals surface area contributed by atoms with E-state index in [2.05, 4.69) is 0 Å². The van der Waals surface area contributed by atoms with Gasteiger partial charge in [0.05, 0.1) is 21.8 Å². The summed E-state index contributed by atoms with van der Waals surface area (Å²) in [5.41, 5.74) is 9.20. The first-order valence-corrected chi connectivity index (χ1v) is 6.95. The number of halogens is 2. The molecule has 0 saturated heterocycles. The Hall–Kier alpha value is -0.740. The van der Waals surface area contributed by atoms with Gasteiger partial charge in [-0.2, -0.15) is 0 Å². The van der Waals surface area contributed by atoms with Crippen LogP contribution in [0.2, 0.25) is 8.67 Å². The van der Waals surface area contributed by atoms with E-state index < -0.39 is 0 Å². The van der Waals surface area contributed by atoms with Crippen LogP contribution in [-0.2, 0) is 0 Å². The molecular weight excluding hydrogens is 289 g/mol. The van der Waals surface area contributed by atoms with Gasteiger partial charge in [-0.05, 0) is 36.2 Å². The molecule has 1 heterocycles. The Bertz CT molecular complexity index is 568. The molecule has 1 aromatic carbocycles. The van der Waals surface area contributed by atoms with Crippen molar-refractivity contribution in [1.29, 1.82) is 0 Å². The lowest BCUT2D eigenvalue weighted by atomic mass is 9.97. The van der Waals surface area contributed by atoms with Gasteiger partial charge >= 0.3 is 0 Å². The largest absolute Gasteiger partial charge is 0.497 e. The predicted octanol–water partition coefficient (Wildman–Crippen LogP) is 4.42. The van der Waals surface area contributed by atoms with Crippen molar-refractivity contribution < 1.29 is 4.74 Å². The van der Waals surface area contributed by atoms with E-state index in [1.165, 1.54) is 11.3 Å². The third-order valence-electron chi connectivity index (χ3n) is 2.83. The molecule has 0 aliphatic rings. The van der Waals surface area contributed by atoms with E-state index in [4.69, 9.17) is 33.7 Å². The van der Waals surface area contributed by atoms with Crippen molar-refractivity contribution in [3.8, 4) is 5.75 Å². The normalized spacial score (nSPS) is 12.5. The SMILES string of the molecule is COc1ccc(C(N)c2cc(Cl)sc2Cl)c(C)c1. The predicted molar refractivity (Wildman–Crippen MR) is 78.1 cm³/mol. The van der Waals surface area contributed by atoms with Crippen molar-refractivity contribution >= 4 is 34.5 Å². The van der Waals surface area contributed by atoms with Crippen molar-refractivity contribution in [2.45, 2.75) is 13.0 Å². The van der Waals surface area contributed by atoms with Crippen LogP contribution >= 0.6 is 34.5 Å². The Balaban J connectivity index is 2.39. The van der Waals surface area contributed by atoms with Crippen LogP contribution in [0.15, 0.2) is 24.3 Å². The monoisotopic (exact) mass is 301 g/mol. The second-order valence-electron chi connectivity index (χ2n) is 3.98. The quantitative estimate of drug-likeness (QED) is 0.911. The Kier molecular flexibility index (Phi) is 4.17. The number of thiophene rings is 1. The van der Waals surface area contributed by atoms with Crippen molar-refractivity contribution in [3.63, 3.8) is 0 Å². The molecule has 2 N–H and O–H groups in total. The maximum atomic E-state index is 6.25. The van der Waals surface area contributed by atoms with Crippen LogP contribution in [0.4, 0.5) is 0 Å². The molecule has 1 aromatic heterocycles. The van der Waals surface area contributed by atoms with Gasteiger partial charge in [-0.25, -0.2) is 0 Å². The molecular formula is C13H13Cl2NOS. The lowest BCUT2D eigenvalue weighted by molar-refractivity contribution is 0.414. The number of hydrogen-bond acceptors (Lipinski definition) is 3. The fraction of sp³-hybridized carbons (Fsp3) is 0.231. The fourth-order valence-electron chi connectivity index (χ4n) is 1.86. The van der Waals surface area contributed by atoms with Crippen molar-refractivity contribution in [2.24, 2.45) is 5.73 Å². The molecule has 0 radical (unpaired) electrons. The van der Waals surface area contributed by atoms with Gasteiger partial charge in [-0.1, -0.05) is 29.3 Å². The third-order valence-corrected chi connectivity index (χ3v) is 4.35. The number of ether oxygens (including phenoxy) is 1. The van der Waals surface area contributed by atoms with Crippen LogP contribution in [0.3, 0.4) is 0 Å². The van der Waals surface area contributed by atoms with Gasteiger partial charge in [0.15, 0.2) is 0 Å². The van der Waals surface area contributed by atoms with Crippen LogP contribution < -0.4 is 10.5 Å². The molecule has 1 unspecified atom stereocenters. The highest BCUT2D eigenvalue weighted by Gasteiger charge is 2.17. The van der Waals surface area contributed by atoms with Crippen LogP contribution in [0.25, 0.3) is 0 Å². The molecule has 1 atom stereocenters.